The molecule has 1 saturated heterocycles. The van der Waals surface area contributed by atoms with Crippen LogP contribution < -0.4 is 21.7 Å². The predicted octanol–water partition coefficient (Wildman–Crippen LogP) is 1.93. The van der Waals surface area contributed by atoms with Crippen LogP contribution in [0.2, 0.25) is 0 Å². The molecule has 7 nitrogen and oxygen atoms in total. The third-order valence-corrected chi connectivity index (χ3v) is 4.24. The van der Waals surface area contributed by atoms with Crippen molar-refractivity contribution >= 4 is 38.9 Å². The molecule has 2 aromatic rings. The van der Waals surface area contributed by atoms with E-state index in [9.17, 15) is 4.79 Å². The number of carbonyl (C=O) groups is 1. The number of piperidine rings is 1. The van der Waals surface area contributed by atoms with Crippen molar-refractivity contribution in [2.75, 3.05) is 29.0 Å². The lowest BCUT2D eigenvalue weighted by Crippen LogP contribution is -2.43. The second kappa shape index (κ2) is 6.59. The number of benzene rings is 1. The number of anilines is 3. The van der Waals surface area contributed by atoms with Crippen molar-refractivity contribution in [3.63, 3.8) is 0 Å². The summed E-state index contributed by atoms with van der Waals surface area (Å²) in [6.45, 7) is 1.67. The van der Waals surface area contributed by atoms with Gasteiger partial charge in [-0.3, -0.25) is 4.79 Å². The van der Waals surface area contributed by atoms with E-state index >= 15 is 0 Å². The fourth-order valence-electron chi connectivity index (χ4n) is 2.76. The van der Waals surface area contributed by atoms with Crippen LogP contribution in [0.15, 0.2) is 29.0 Å². The van der Waals surface area contributed by atoms with Crippen LogP contribution in [0.3, 0.4) is 0 Å². The van der Waals surface area contributed by atoms with Gasteiger partial charge < -0.3 is 26.7 Å². The van der Waals surface area contributed by atoms with E-state index in [0.717, 1.165) is 31.6 Å². The number of nitrogens with one attached hydrogen (secondary N) is 2. The van der Waals surface area contributed by atoms with Crippen LogP contribution in [0.5, 0.6) is 0 Å². The first-order chi connectivity index (χ1) is 11.0. The Hall–Kier alpha value is -2.06. The molecule has 0 radical (unpaired) electrons. The normalized spacial score (nSPS) is 18.0. The number of rotatable bonds is 3. The van der Waals surface area contributed by atoms with Gasteiger partial charge in [0.25, 0.3) is 5.91 Å². The van der Waals surface area contributed by atoms with Gasteiger partial charge in [-0.05, 0) is 47.0 Å². The van der Waals surface area contributed by atoms with E-state index in [2.05, 4.69) is 36.1 Å². The second-order valence-corrected chi connectivity index (χ2v) is 6.46. The van der Waals surface area contributed by atoms with Crippen LogP contribution in [-0.4, -0.2) is 35.0 Å². The number of halogens is 1. The van der Waals surface area contributed by atoms with Crippen molar-refractivity contribution in [3.05, 3.63) is 34.8 Å². The van der Waals surface area contributed by atoms with Crippen LogP contribution >= 0.6 is 15.9 Å². The Bertz CT molecular complexity index is 716. The minimum atomic E-state index is -0.316. The second-order valence-electron chi connectivity index (χ2n) is 5.65. The van der Waals surface area contributed by atoms with Gasteiger partial charge >= 0.3 is 0 Å². The third-order valence-electron chi connectivity index (χ3n) is 3.83. The maximum atomic E-state index is 12.3. The van der Waals surface area contributed by atoms with E-state index in [1.807, 2.05) is 12.1 Å². The number of nitrogens with zero attached hydrogens (tertiary/aromatic N) is 2. The molecule has 0 aliphatic carbocycles. The zero-order valence-corrected chi connectivity index (χ0v) is 14.1. The summed E-state index contributed by atoms with van der Waals surface area (Å²) in [5.74, 6) is -0.0792. The van der Waals surface area contributed by atoms with Crippen LogP contribution in [0.25, 0.3) is 0 Å². The molecule has 1 fully saturated rings. The average molecular weight is 379 g/mol. The standard InChI is InChI=1S/C15H19BrN6O/c16-13-7-19-14(21-13)15(23)20-11-6-9(17)3-4-12(11)22-5-1-2-10(18)8-22/h3-4,6-7,10H,1-2,5,8,17-18H2,(H,19,21)(H,20,23). The number of hydrogen-bond donors (Lipinski definition) is 4. The highest BCUT2D eigenvalue weighted by atomic mass is 79.9. The zero-order valence-electron chi connectivity index (χ0n) is 12.6. The molecule has 1 atom stereocenters. The fraction of sp³-hybridized carbons (Fsp3) is 0.333. The van der Waals surface area contributed by atoms with Crippen molar-refractivity contribution in [3.8, 4) is 0 Å². The molecule has 23 heavy (non-hydrogen) atoms. The minimum Gasteiger partial charge on any atom is -0.399 e. The Balaban J connectivity index is 1.85. The highest BCUT2D eigenvalue weighted by molar-refractivity contribution is 9.10. The molecule has 0 spiro atoms. The predicted molar refractivity (Wildman–Crippen MR) is 94.5 cm³/mol. The summed E-state index contributed by atoms with van der Waals surface area (Å²) in [5, 5.41) is 2.88. The van der Waals surface area contributed by atoms with Gasteiger partial charge in [0.1, 0.15) is 4.60 Å². The van der Waals surface area contributed by atoms with Gasteiger partial charge in [0, 0.05) is 31.0 Å². The lowest BCUT2D eigenvalue weighted by Gasteiger charge is -2.34. The van der Waals surface area contributed by atoms with Gasteiger partial charge in [0.2, 0.25) is 0 Å². The molecule has 1 aliphatic rings. The Morgan fingerprint density at radius 1 is 1.48 bits per heavy atom. The lowest BCUT2D eigenvalue weighted by molar-refractivity contribution is 0.101. The van der Waals surface area contributed by atoms with E-state index in [1.165, 1.54) is 0 Å². The number of nitrogens with two attached hydrogens (primary N) is 2. The largest absolute Gasteiger partial charge is 0.399 e. The monoisotopic (exact) mass is 378 g/mol. The number of nitrogen functional groups attached to an aromatic ring is 1. The van der Waals surface area contributed by atoms with Crippen LogP contribution in [0.1, 0.15) is 23.5 Å². The molecule has 1 amide bonds. The first kappa shape index (κ1) is 15.8. The molecule has 122 valence electrons. The van der Waals surface area contributed by atoms with Gasteiger partial charge in [-0.15, -0.1) is 0 Å². The van der Waals surface area contributed by atoms with E-state index in [0.29, 0.717) is 16.0 Å². The zero-order chi connectivity index (χ0) is 16.4. The quantitative estimate of drug-likeness (QED) is 0.609. The number of H-pyrrole nitrogens is 1. The van der Waals surface area contributed by atoms with Gasteiger partial charge in [-0.1, -0.05) is 0 Å². The summed E-state index contributed by atoms with van der Waals surface area (Å²) >= 11 is 3.22. The fourth-order valence-corrected chi connectivity index (χ4v) is 3.05. The number of hydrogen-bond acceptors (Lipinski definition) is 5. The smallest absolute Gasteiger partial charge is 0.291 e. The van der Waals surface area contributed by atoms with E-state index in [-0.39, 0.29) is 17.8 Å². The van der Waals surface area contributed by atoms with Crippen molar-refractivity contribution in [1.82, 2.24) is 9.97 Å². The van der Waals surface area contributed by atoms with Crippen LogP contribution in [0, 0.1) is 0 Å². The minimum absolute atomic E-state index is 0.144. The van der Waals surface area contributed by atoms with Crippen molar-refractivity contribution < 1.29 is 4.79 Å². The molecule has 1 aliphatic heterocycles. The third kappa shape index (κ3) is 3.65. The van der Waals surface area contributed by atoms with Gasteiger partial charge in [-0.2, -0.15) is 0 Å². The summed E-state index contributed by atoms with van der Waals surface area (Å²) in [6.07, 6.45) is 3.66. The molecule has 2 heterocycles. The number of imidazole rings is 1. The molecule has 8 heteroatoms. The Morgan fingerprint density at radius 2 is 2.30 bits per heavy atom. The Morgan fingerprint density at radius 3 is 3.00 bits per heavy atom. The number of carbonyl (C=O) groups excluding carboxylic acids is 1. The number of amides is 1. The summed E-state index contributed by atoms with van der Waals surface area (Å²) in [5.41, 5.74) is 14.1. The van der Waals surface area contributed by atoms with Crippen molar-refractivity contribution in [1.29, 1.82) is 0 Å². The maximum absolute atomic E-state index is 12.3. The molecule has 6 N–H and O–H groups in total. The molecular formula is C15H19BrN6O. The van der Waals surface area contributed by atoms with Gasteiger partial charge in [-0.25, -0.2) is 4.98 Å². The lowest BCUT2D eigenvalue weighted by atomic mass is 10.1. The van der Waals surface area contributed by atoms with Gasteiger partial charge in [0.15, 0.2) is 5.82 Å². The topological polar surface area (TPSA) is 113 Å². The van der Waals surface area contributed by atoms with Crippen molar-refractivity contribution in [2.24, 2.45) is 5.73 Å². The first-order valence-electron chi connectivity index (χ1n) is 7.45. The average Bonchev–Trinajstić information content (AvgIpc) is 2.94. The number of aromatic amines is 1. The Labute approximate surface area is 142 Å². The molecule has 1 unspecified atom stereocenters. The molecular weight excluding hydrogens is 360 g/mol. The summed E-state index contributed by atoms with van der Waals surface area (Å²) in [4.78, 5) is 21.4. The molecule has 1 aromatic carbocycles. The molecule has 1 aromatic heterocycles. The summed E-state index contributed by atoms with van der Waals surface area (Å²) in [6, 6.07) is 5.65. The summed E-state index contributed by atoms with van der Waals surface area (Å²) in [7, 11) is 0. The van der Waals surface area contributed by atoms with Crippen LogP contribution in [-0.2, 0) is 0 Å². The SMILES string of the molecule is Nc1ccc(N2CCCC(N)C2)c(NC(=O)c2nc(Br)c[nH]2)c1. The number of aromatic nitrogens is 2. The molecule has 3 rings (SSSR count). The van der Waals surface area contributed by atoms with Gasteiger partial charge in [0.05, 0.1) is 11.4 Å². The molecule has 0 saturated carbocycles. The summed E-state index contributed by atoms with van der Waals surface area (Å²) < 4.78 is 0.581. The van der Waals surface area contributed by atoms with Crippen molar-refractivity contribution in [2.45, 2.75) is 18.9 Å². The Kier molecular flexibility index (Phi) is 4.53. The van der Waals surface area contributed by atoms with Crippen LogP contribution in [0.4, 0.5) is 17.1 Å². The molecule has 0 bridgehead atoms. The van der Waals surface area contributed by atoms with E-state index < -0.39 is 0 Å². The first-order valence-corrected chi connectivity index (χ1v) is 8.24. The highest BCUT2D eigenvalue weighted by Gasteiger charge is 2.21. The highest BCUT2D eigenvalue weighted by Crippen LogP contribution is 2.30. The van der Waals surface area contributed by atoms with E-state index in [4.69, 9.17) is 11.5 Å². The van der Waals surface area contributed by atoms with E-state index in [1.54, 1.807) is 12.3 Å². The maximum Gasteiger partial charge on any atom is 0.291 e.